The Morgan fingerprint density at radius 1 is 0.841 bits per heavy atom. The number of carbonyl (C=O) groups excluding carboxylic acids is 3. The van der Waals surface area contributed by atoms with Gasteiger partial charge < -0.3 is 10.6 Å². The van der Waals surface area contributed by atoms with E-state index in [2.05, 4.69) is 32.6 Å². The van der Waals surface area contributed by atoms with Gasteiger partial charge in [-0.3, -0.25) is 19.0 Å². The summed E-state index contributed by atoms with van der Waals surface area (Å²) in [5, 5.41) is 6.87. The van der Waals surface area contributed by atoms with Crippen LogP contribution in [0.5, 0.6) is 0 Å². The molecule has 0 saturated carbocycles. The number of halogens is 1. The quantitative estimate of drug-likeness (QED) is 0.130. The van der Waals surface area contributed by atoms with Crippen molar-refractivity contribution >= 4 is 68.1 Å². The number of aryl methyl sites for hydroxylation is 1. The second-order valence-corrected chi connectivity index (χ2v) is 12.5. The maximum Gasteiger partial charge on any atom is 0.272 e. The first kappa shape index (κ1) is 29.7. The third kappa shape index (κ3) is 6.72. The summed E-state index contributed by atoms with van der Waals surface area (Å²) in [4.78, 5) is 40.8. The molecular weight excluding hydrogens is 634 g/mol. The highest BCUT2D eigenvalue weighted by molar-refractivity contribution is 9.10. The Hall–Kier alpha value is -4.40. The number of hydrogen-bond acceptors (Lipinski definition) is 4. The fourth-order valence-electron chi connectivity index (χ4n) is 5.52. The second-order valence-electron chi connectivity index (χ2n) is 10.6. The number of para-hydroxylation sites is 1. The molecule has 220 valence electrons. The Kier molecular flexibility index (Phi) is 9.09. The molecule has 4 aromatic carbocycles. The number of thioether (sulfide) groups is 1. The number of rotatable bonds is 8. The van der Waals surface area contributed by atoms with Crippen LogP contribution in [0.1, 0.15) is 44.8 Å². The highest BCUT2D eigenvalue weighted by atomic mass is 79.9. The van der Waals surface area contributed by atoms with Crippen LogP contribution in [0.4, 0.5) is 5.69 Å². The van der Waals surface area contributed by atoms with Gasteiger partial charge in [-0.1, -0.05) is 70.5 Å². The lowest BCUT2D eigenvalue weighted by Crippen LogP contribution is -2.30. The van der Waals surface area contributed by atoms with Gasteiger partial charge >= 0.3 is 0 Å². The number of hydrogen-bond donors (Lipinski definition) is 2. The number of carbonyl (C=O) groups is 3. The molecule has 1 heterocycles. The van der Waals surface area contributed by atoms with Crippen molar-refractivity contribution in [1.29, 1.82) is 0 Å². The van der Waals surface area contributed by atoms with Crippen molar-refractivity contribution in [2.45, 2.75) is 30.6 Å². The van der Waals surface area contributed by atoms with Crippen LogP contribution in [0.2, 0.25) is 0 Å². The summed E-state index contributed by atoms with van der Waals surface area (Å²) in [6.45, 7) is 0. The van der Waals surface area contributed by atoms with Crippen LogP contribution in [0.25, 0.3) is 17.0 Å². The molecule has 8 heteroatoms. The summed E-state index contributed by atoms with van der Waals surface area (Å²) >= 11 is 4.86. The maximum absolute atomic E-state index is 13.6. The first-order valence-corrected chi connectivity index (χ1v) is 16.3. The van der Waals surface area contributed by atoms with Crippen LogP contribution in [0.3, 0.4) is 0 Å². The molecule has 1 aliphatic carbocycles. The molecule has 0 aliphatic heterocycles. The number of fused-ring (bicyclic) bond motifs is 3. The van der Waals surface area contributed by atoms with Gasteiger partial charge in [0.05, 0.1) is 11.3 Å². The van der Waals surface area contributed by atoms with Gasteiger partial charge in [0.2, 0.25) is 5.91 Å². The third-order valence-corrected chi connectivity index (χ3v) is 9.10. The predicted octanol–water partition coefficient (Wildman–Crippen LogP) is 8.12. The largest absolute Gasteiger partial charge is 0.321 e. The molecule has 2 amide bonds. The molecule has 0 saturated heterocycles. The molecule has 0 bridgehead atoms. The number of anilines is 1. The normalized spacial score (nSPS) is 12.9. The zero-order valence-corrected chi connectivity index (χ0v) is 26.3. The molecule has 0 atom stereocenters. The van der Waals surface area contributed by atoms with Crippen LogP contribution >= 0.6 is 27.7 Å². The Bertz CT molecular complexity index is 1880. The summed E-state index contributed by atoms with van der Waals surface area (Å²) in [5.74, 6) is -0.524. The zero-order valence-electron chi connectivity index (χ0n) is 23.9. The van der Waals surface area contributed by atoms with E-state index in [0.29, 0.717) is 11.3 Å². The van der Waals surface area contributed by atoms with Crippen molar-refractivity contribution < 1.29 is 14.4 Å². The average molecular weight is 665 g/mol. The molecule has 1 aliphatic rings. The van der Waals surface area contributed by atoms with E-state index in [-0.39, 0.29) is 23.3 Å². The fourth-order valence-corrected chi connectivity index (χ4v) is 6.59. The Morgan fingerprint density at radius 2 is 1.59 bits per heavy atom. The minimum Gasteiger partial charge on any atom is -0.321 e. The van der Waals surface area contributed by atoms with Gasteiger partial charge in [0, 0.05) is 31.7 Å². The van der Waals surface area contributed by atoms with Gasteiger partial charge in [-0.05, 0) is 91.4 Å². The standard InChI is InChI=1S/C36H30BrN3O3S/c37-26-19-17-24(18-20-26)21-31(39-35(42)25-9-2-1-3-10-25)36(43)38-27-11-8-12-28(22-27)44-23-34(41)40-32-15-6-4-13-29(32)30-14-5-7-16-33(30)40/h1-4,6,8-13,15,17-22H,5,7,14,16,23H2,(H,38,43)(H,39,42)/b31-21-. The Balaban J connectivity index is 1.18. The minimum absolute atomic E-state index is 0.0483. The average Bonchev–Trinajstić information content (AvgIpc) is 3.39. The van der Waals surface area contributed by atoms with Gasteiger partial charge in [-0.25, -0.2) is 0 Å². The third-order valence-electron chi connectivity index (χ3n) is 7.59. The van der Waals surface area contributed by atoms with Gasteiger partial charge in [0.1, 0.15) is 5.70 Å². The maximum atomic E-state index is 13.6. The first-order valence-electron chi connectivity index (χ1n) is 14.5. The van der Waals surface area contributed by atoms with Crippen LogP contribution in [-0.2, 0) is 17.6 Å². The van der Waals surface area contributed by atoms with Crippen molar-refractivity contribution in [1.82, 2.24) is 9.88 Å². The van der Waals surface area contributed by atoms with Crippen molar-refractivity contribution in [3.8, 4) is 0 Å². The highest BCUT2D eigenvalue weighted by Crippen LogP contribution is 2.33. The van der Waals surface area contributed by atoms with E-state index in [0.717, 1.165) is 51.8 Å². The fraction of sp³-hybridized carbons (Fsp3) is 0.139. The molecule has 44 heavy (non-hydrogen) atoms. The number of benzene rings is 4. The van der Waals surface area contributed by atoms with E-state index < -0.39 is 5.91 Å². The SMILES string of the molecule is O=C(Nc1cccc(SCC(=O)n2c3c(c4ccccc42)CCCC3)c1)/C(=C/c1ccc(Br)cc1)NC(=O)c1ccccc1. The Labute approximate surface area is 268 Å². The van der Waals surface area contributed by atoms with Crippen molar-refractivity contribution in [2.24, 2.45) is 0 Å². The van der Waals surface area contributed by atoms with Gasteiger partial charge in [-0.2, -0.15) is 0 Å². The summed E-state index contributed by atoms with van der Waals surface area (Å²) in [7, 11) is 0. The van der Waals surface area contributed by atoms with Crippen LogP contribution in [0, 0.1) is 0 Å². The predicted molar refractivity (Wildman–Crippen MR) is 181 cm³/mol. The molecule has 6 nitrogen and oxygen atoms in total. The molecule has 2 N–H and O–H groups in total. The molecule has 0 radical (unpaired) electrons. The van der Waals surface area contributed by atoms with E-state index in [1.165, 1.54) is 22.7 Å². The Morgan fingerprint density at radius 3 is 2.41 bits per heavy atom. The van der Waals surface area contributed by atoms with E-state index in [4.69, 9.17) is 0 Å². The topological polar surface area (TPSA) is 80.2 Å². The lowest BCUT2D eigenvalue weighted by atomic mass is 9.96. The molecule has 0 unspecified atom stereocenters. The number of nitrogens with one attached hydrogen (secondary N) is 2. The van der Waals surface area contributed by atoms with E-state index >= 15 is 0 Å². The van der Waals surface area contributed by atoms with E-state index in [9.17, 15) is 14.4 Å². The number of aromatic nitrogens is 1. The van der Waals surface area contributed by atoms with Crippen LogP contribution in [0.15, 0.2) is 118 Å². The van der Waals surface area contributed by atoms with Crippen LogP contribution in [-0.4, -0.2) is 28.0 Å². The number of nitrogens with zero attached hydrogens (tertiary/aromatic N) is 1. The summed E-state index contributed by atoms with van der Waals surface area (Å²) in [5.41, 5.74) is 5.31. The van der Waals surface area contributed by atoms with Gasteiger partial charge in [0.25, 0.3) is 11.8 Å². The lowest BCUT2D eigenvalue weighted by Gasteiger charge is -2.15. The zero-order chi connectivity index (χ0) is 30.5. The molecule has 1 aromatic heterocycles. The van der Waals surface area contributed by atoms with Crippen LogP contribution < -0.4 is 10.6 Å². The number of amides is 2. The summed E-state index contributed by atoms with van der Waals surface area (Å²) < 4.78 is 2.82. The van der Waals surface area contributed by atoms with E-state index in [1.54, 1.807) is 36.4 Å². The second kappa shape index (κ2) is 13.5. The molecule has 0 fully saturated rings. The molecular formula is C36H30BrN3O3S. The molecule has 6 rings (SSSR count). The monoisotopic (exact) mass is 663 g/mol. The lowest BCUT2D eigenvalue weighted by molar-refractivity contribution is -0.113. The smallest absolute Gasteiger partial charge is 0.272 e. The van der Waals surface area contributed by atoms with Gasteiger partial charge in [-0.15, -0.1) is 11.8 Å². The van der Waals surface area contributed by atoms with Crippen molar-refractivity contribution in [2.75, 3.05) is 11.1 Å². The molecule has 0 spiro atoms. The highest BCUT2D eigenvalue weighted by Gasteiger charge is 2.23. The summed E-state index contributed by atoms with van der Waals surface area (Å²) in [6, 6.07) is 31.8. The van der Waals surface area contributed by atoms with Crippen molar-refractivity contribution in [3.05, 3.63) is 136 Å². The first-order chi connectivity index (χ1) is 21.5. The minimum atomic E-state index is -0.458. The summed E-state index contributed by atoms with van der Waals surface area (Å²) in [6.07, 6.45) is 5.81. The molecule has 5 aromatic rings. The van der Waals surface area contributed by atoms with E-state index in [1.807, 2.05) is 71.3 Å². The van der Waals surface area contributed by atoms with Gasteiger partial charge in [0.15, 0.2) is 0 Å². The van der Waals surface area contributed by atoms with Crippen molar-refractivity contribution in [3.63, 3.8) is 0 Å².